The maximum absolute atomic E-state index is 12.9. The minimum absolute atomic E-state index is 0.00940. The van der Waals surface area contributed by atoms with Crippen LogP contribution >= 0.6 is 23.2 Å². The van der Waals surface area contributed by atoms with Crippen molar-refractivity contribution in [3.8, 4) is 17.2 Å². The SMILES string of the molecule is CN(C)C(=O)c1cc(Cl)c(OC(C)(C)C(=O)OC(=O)C(F)(F)F)cc1OC[C@H](O)CN1CCC2(CC1)Cc1cc(Cl)ccc1O2. The quantitative estimate of drug-likeness (QED) is 0.298. The molecule has 1 saturated heterocycles. The first-order valence-electron chi connectivity index (χ1n) is 14.0. The zero-order valence-electron chi connectivity index (χ0n) is 25.0. The van der Waals surface area contributed by atoms with Gasteiger partial charge in [0.2, 0.25) is 5.60 Å². The van der Waals surface area contributed by atoms with E-state index in [1.54, 1.807) is 6.07 Å². The molecule has 246 valence electrons. The van der Waals surface area contributed by atoms with E-state index in [2.05, 4.69) is 9.64 Å². The van der Waals surface area contributed by atoms with Gasteiger partial charge in [0.05, 0.1) is 10.6 Å². The lowest BCUT2D eigenvalue weighted by Crippen LogP contribution is -2.49. The highest BCUT2D eigenvalue weighted by molar-refractivity contribution is 6.32. The molecule has 1 fully saturated rings. The summed E-state index contributed by atoms with van der Waals surface area (Å²) in [6.45, 7) is 3.53. The van der Waals surface area contributed by atoms with Gasteiger partial charge in [-0.15, -0.1) is 0 Å². The number of alkyl halides is 3. The number of aliphatic hydroxyl groups excluding tert-OH is 1. The number of nitrogens with zero attached hydrogens (tertiary/aromatic N) is 2. The highest BCUT2D eigenvalue weighted by atomic mass is 35.5. The number of halogens is 5. The van der Waals surface area contributed by atoms with E-state index in [4.69, 9.17) is 37.4 Å². The molecule has 0 aliphatic carbocycles. The fourth-order valence-corrected chi connectivity index (χ4v) is 5.48. The molecule has 2 heterocycles. The van der Waals surface area contributed by atoms with E-state index >= 15 is 0 Å². The van der Waals surface area contributed by atoms with Gasteiger partial charge in [-0.3, -0.25) is 4.79 Å². The lowest BCUT2D eigenvalue weighted by atomic mass is 9.87. The van der Waals surface area contributed by atoms with Crippen LogP contribution < -0.4 is 14.2 Å². The Balaban J connectivity index is 1.40. The van der Waals surface area contributed by atoms with Crippen LogP contribution in [0.2, 0.25) is 10.0 Å². The number of hydrogen-bond donors (Lipinski definition) is 1. The third-order valence-corrected chi connectivity index (χ3v) is 8.00. The van der Waals surface area contributed by atoms with Gasteiger partial charge in [-0.05, 0) is 43.7 Å². The monoisotopic (exact) mass is 676 g/mol. The summed E-state index contributed by atoms with van der Waals surface area (Å²) in [5.74, 6) is -4.27. The Labute approximate surface area is 267 Å². The molecule has 2 aromatic carbocycles. The van der Waals surface area contributed by atoms with E-state index in [1.165, 1.54) is 31.1 Å². The van der Waals surface area contributed by atoms with Crippen molar-refractivity contribution in [2.45, 2.75) is 56.6 Å². The zero-order chi connectivity index (χ0) is 33.3. The molecule has 4 rings (SSSR count). The van der Waals surface area contributed by atoms with Crippen molar-refractivity contribution in [2.24, 2.45) is 0 Å². The van der Waals surface area contributed by atoms with Crippen LogP contribution in [0, 0.1) is 0 Å². The van der Waals surface area contributed by atoms with Crippen molar-refractivity contribution >= 4 is 41.0 Å². The summed E-state index contributed by atoms with van der Waals surface area (Å²) in [7, 11) is 3.00. The Hall–Kier alpha value is -3.26. The molecule has 1 amide bonds. The third kappa shape index (κ3) is 8.32. The Morgan fingerprint density at radius 1 is 1.07 bits per heavy atom. The average molecular weight is 678 g/mol. The van der Waals surface area contributed by atoms with Crippen LogP contribution in [-0.2, 0) is 20.7 Å². The van der Waals surface area contributed by atoms with Crippen LogP contribution in [0.1, 0.15) is 42.6 Å². The largest absolute Gasteiger partial charge is 0.491 e. The molecule has 0 radical (unpaired) electrons. The van der Waals surface area contributed by atoms with E-state index in [1.807, 2.05) is 12.1 Å². The highest BCUT2D eigenvalue weighted by Gasteiger charge is 2.46. The second kappa shape index (κ2) is 13.2. The van der Waals surface area contributed by atoms with Crippen molar-refractivity contribution in [3.05, 3.63) is 51.5 Å². The van der Waals surface area contributed by atoms with Crippen molar-refractivity contribution in [3.63, 3.8) is 0 Å². The summed E-state index contributed by atoms with van der Waals surface area (Å²) in [5.41, 5.74) is -1.33. The number of hydrogen-bond acceptors (Lipinski definition) is 9. The van der Waals surface area contributed by atoms with Gasteiger partial charge in [-0.25, -0.2) is 9.59 Å². The average Bonchev–Trinajstić information content (AvgIpc) is 3.30. The number of aliphatic hydroxyl groups is 1. The van der Waals surface area contributed by atoms with Gasteiger partial charge >= 0.3 is 18.1 Å². The molecule has 0 saturated carbocycles. The topological polar surface area (TPSA) is 115 Å². The van der Waals surface area contributed by atoms with Crippen LogP contribution in [0.25, 0.3) is 0 Å². The van der Waals surface area contributed by atoms with Gasteiger partial charge in [0.15, 0.2) is 0 Å². The number of amides is 1. The van der Waals surface area contributed by atoms with Gasteiger partial charge in [0.1, 0.15) is 35.6 Å². The molecule has 0 aromatic heterocycles. The summed E-state index contributed by atoms with van der Waals surface area (Å²) in [4.78, 5) is 39.6. The maximum atomic E-state index is 12.9. The summed E-state index contributed by atoms with van der Waals surface area (Å²) in [6.07, 6.45) is -4.10. The van der Waals surface area contributed by atoms with Gasteiger partial charge in [-0.2, -0.15) is 13.2 Å². The lowest BCUT2D eigenvalue weighted by molar-refractivity contribution is -0.206. The zero-order valence-corrected chi connectivity index (χ0v) is 26.5. The number of ether oxygens (including phenoxy) is 4. The van der Waals surface area contributed by atoms with E-state index < -0.39 is 35.7 Å². The van der Waals surface area contributed by atoms with Crippen molar-refractivity contribution < 1.29 is 51.6 Å². The highest BCUT2D eigenvalue weighted by Crippen LogP contribution is 2.42. The smallest absolute Gasteiger partial charge is 0.490 e. The summed E-state index contributed by atoms with van der Waals surface area (Å²) in [6, 6.07) is 7.99. The van der Waals surface area contributed by atoms with Crippen molar-refractivity contribution in [1.82, 2.24) is 9.80 Å². The molecular formula is C30H33Cl2F3N2O8. The van der Waals surface area contributed by atoms with E-state index in [9.17, 15) is 32.7 Å². The number of esters is 2. The normalized spacial score (nSPS) is 16.8. The number of carbonyl (C=O) groups is 3. The molecule has 0 unspecified atom stereocenters. The predicted octanol–water partition coefficient (Wildman–Crippen LogP) is 4.69. The number of benzene rings is 2. The van der Waals surface area contributed by atoms with Gasteiger partial charge < -0.3 is 33.9 Å². The first-order chi connectivity index (χ1) is 20.9. The molecule has 0 bridgehead atoms. The van der Waals surface area contributed by atoms with E-state index in [0.29, 0.717) is 18.1 Å². The number of fused-ring (bicyclic) bond motifs is 1. The van der Waals surface area contributed by atoms with E-state index in [-0.39, 0.29) is 40.8 Å². The van der Waals surface area contributed by atoms with Gasteiger partial charge in [0.25, 0.3) is 5.91 Å². The fraction of sp³-hybridized carbons (Fsp3) is 0.500. The Morgan fingerprint density at radius 3 is 2.36 bits per heavy atom. The van der Waals surface area contributed by atoms with Crippen molar-refractivity contribution in [1.29, 1.82) is 0 Å². The minimum Gasteiger partial charge on any atom is -0.490 e. The number of likely N-dealkylation sites (tertiary alicyclic amines) is 1. The first kappa shape index (κ1) is 34.6. The number of piperidine rings is 1. The fourth-order valence-electron chi connectivity index (χ4n) is 5.08. The Kier molecular flexibility index (Phi) is 10.2. The number of carbonyl (C=O) groups excluding carboxylic acids is 3. The molecule has 1 atom stereocenters. The first-order valence-corrected chi connectivity index (χ1v) is 14.7. The van der Waals surface area contributed by atoms with Crippen LogP contribution in [0.4, 0.5) is 13.2 Å². The lowest BCUT2D eigenvalue weighted by Gasteiger charge is -2.39. The second-order valence-corrected chi connectivity index (χ2v) is 12.6. The molecular weight excluding hydrogens is 644 g/mol. The molecule has 1 N–H and O–H groups in total. The standard InChI is InChI=1S/C30H33Cl2F3N2O8/c1-28(2,26(40)43-27(41)30(33,34)35)44-24-13-23(20(12-21(24)32)25(39)36(3)4)42-16-19(38)15-37-9-7-29(8-10-37)14-17-11-18(31)5-6-22(17)45-29/h5-6,11-13,19,38H,7-10,14-16H2,1-4H3/t19-/m1/s1. The van der Waals surface area contributed by atoms with Crippen LogP contribution in [0.3, 0.4) is 0 Å². The van der Waals surface area contributed by atoms with Crippen LogP contribution in [-0.4, -0.2) is 96.6 Å². The van der Waals surface area contributed by atoms with Crippen LogP contribution in [0.5, 0.6) is 17.2 Å². The summed E-state index contributed by atoms with van der Waals surface area (Å²) in [5, 5.41) is 11.3. The summed E-state index contributed by atoms with van der Waals surface area (Å²) < 4.78 is 59.3. The molecule has 45 heavy (non-hydrogen) atoms. The molecule has 1 spiro atoms. The number of rotatable bonds is 9. The van der Waals surface area contributed by atoms with Crippen molar-refractivity contribution in [2.75, 3.05) is 40.3 Å². The van der Waals surface area contributed by atoms with E-state index in [0.717, 1.165) is 44.4 Å². The van der Waals surface area contributed by atoms with Gasteiger partial charge in [0, 0.05) is 64.1 Å². The minimum atomic E-state index is -5.39. The third-order valence-electron chi connectivity index (χ3n) is 7.47. The number of β-amino-alcohol motifs (C(OH)–C–C–N with tert-alkyl or cyclic N) is 1. The summed E-state index contributed by atoms with van der Waals surface area (Å²) >= 11 is 12.4. The molecule has 2 aliphatic heterocycles. The molecule has 2 aromatic rings. The maximum Gasteiger partial charge on any atom is 0.491 e. The molecule has 10 nitrogen and oxygen atoms in total. The van der Waals surface area contributed by atoms with Gasteiger partial charge in [-0.1, -0.05) is 23.2 Å². The van der Waals surface area contributed by atoms with Crippen LogP contribution in [0.15, 0.2) is 30.3 Å². The molecule has 2 aliphatic rings. The second-order valence-electron chi connectivity index (χ2n) is 11.7. The Morgan fingerprint density at radius 2 is 1.73 bits per heavy atom. The predicted molar refractivity (Wildman–Crippen MR) is 157 cm³/mol. The Bertz CT molecular complexity index is 1460. The molecule has 15 heteroatoms.